The summed E-state index contributed by atoms with van der Waals surface area (Å²) in [5, 5.41) is 5.36. The summed E-state index contributed by atoms with van der Waals surface area (Å²) in [7, 11) is 0. The molecule has 0 amide bonds. The van der Waals surface area contributed by atoms with Crippen LogP contribution in [0.1, 0.15) is 18.3 Å². The molecule has 0 aliphatic carbocycles. The van der Waals surface area contributed by atoms with Gasteiger partial charge in [-0.2, -0.15) is 41.3 Å². The van der Waals surface area contributed by atoms with Crippen LogP contribution in [-0.4, -0.2) is 31.5 Å². The molecule has 30 heavy (non-hydrogen) atoms. The van der Waals surface area contributed by atoms with E-state index in [1.165, 1.54) is 12.1 Å². The third-order valence-corrected chi connectivity index (χ3v) is 3.55. The standard InChI is InChI=1S/C17H13F6N7/c1-2-24-14-28-13(10-4-3-5-11(27-10)16(18,19)20)29-15(30-14)26-9-6-7-25-12(8-9)17(21,22)23/h3-8H,2H2,1H3,(H2,24,25,26,28,29,30). The number of hydrogen-bond donors (Lipinski definition) is 2. The summed E-state index contributed by atoms with van der Waals surface area (Å²) < 4.78 is 77.4. The average molecular weight is 429 g/mol. The second-order valence-electron chi connectivity index (χ2n) is 5.79. The predicted octanol–water partition coefficient (Wildman–Crippen LogP) is 4.54. The zero-order valence-electron chi connectivity index (χ0n) is 15.2. The van der Waals surface area contributed by atoms with E-state index >= 15 is 0 Å². The molecule has 0 spiro atoms. The Bertz CT molecular complexity index is 1040. The molecular weight excluding hydrogens is 416 g/mol. The normalized spacial score (nSPS) is 12.0. The molecule has 0 saturated carbocycles. The van der Waals surface area contributed by atoms with E-state index in [0.29, 0.717) is 6.54 Å². The Morgan fingerprint density at radius 2 is 1.53 bits per heavy atom. The Kier molecular flexibility index (Phi) is 5.71. The van der Waals surface area contributed by atoms with E-state index in [0.717, 1.165) is 24.4 Å². The van der Waals surface area contributed by atoms with Crippen molar-refractivity contribution in [3.05, 3.63) is 47.9 Å². The highest BCUT2D eigenvalue weighted by molar-refractivity contribution is 5.59. The van der Waals surface area contributed by atoms with E-state index in [4.69, 9.17) is 0 Å². The maximum Gasteiger partial charge on any atom is 0.433 e. The fourth-order valence-corrected chi connectivity index (χ4v) is 2.29. The van der Waals surface area contributed by atoms with Gasteiger partial charge in [0.2, 0.25) is 11.9 Å². The first-order valence-electron chi connectivity index (χ1n) is 8.41. The lowest BCUT2D eigenvalue weighted by molar-refractivity contribution is -0.141. The van der Waals surface area contributed by atoms with Gasteiger partial charge in [-0.15, -0.1) is 0 Å². The summed E-state index contributed by atoms with van der Waals surface area (Å²) in [6.45, 7) is 2.12. The Morgan fingerprint density at radius 1 is 0.833 bits per heavy atom. The molecule has 0 fully saturated rings. The molecule has 3 heterocycles. The van der Waals surface area contributed by atoms with Crippen molar-refractivity contribution in [2.75, 3.05) is 17.2 Å². The molecule has 13 heteroatoms. The molecule has 3 aromatic rings. The summed E-state index contributed by atoms with van der Waals surface area (Å²) in [4.78, 5) is 18.8. The summed E-state index contributed by atoms with van der Waals surface area (Å²) in [6, 6.07) is 5.23. The van der Waals surface area contributed by atoms with Gasteiger partial charge in [-0.05, 0) is 31.2 Å². The highest BCUT2D eigenvalue weighted by Gasteiger charge is 2.33. The molecular formula is C17H13F6N7. The van der Waals surface area contributed by atoms with Gasteiger partial charge in [0.05, 0.1) is 0 Å². The lowest BCUT2D eigenvalue weighted by atomic mass is 10.3. The van der Waals surface area contributed by atoms with E-state index in [9.17, 15) is 26.3 Å². The highest BCUT2D eigenvalue weighted by atomic mass is 19.4. The van der Waals surface area contributed by atoms with E-state index in [-0.39, 0.29) is 29.1 Å². The molecule has 0 bridgehead atoms. The molecule has 0 atom stereocenters. The quantitative estimate of drug-likeness (QED) is 0.576. The van der Waals surface area contributed by atoms with Crippen molar-refractivity contribution in [1.29, 1.82) is 0 Å². The van der Waals surface area contributed by atoms with Crippen LogP contribution >= 0.6 is 0 Å². The Hall–Kier alpha value is -3.51. The lowest BCUT2D eigenvalue weighted by Crippen LogP contribution is -2.11. The van der Waals surface area contributed by atoms with Crippen molar-refractivity contribution in [3.63, 3.8) is 0 Å². The highest BCUT2D eigenvalue weighted by Crippen LogP contribution is 2.30. The molecule has 0 aliphatic rings. The fourth-order valence-electron chi connectivity index (χ4n) is 2.29. The number of rotatable bonds is 5. The third kappa shape index (κ3) is 5.10. The van der Waals surface area contributed by atoms with Crippen LogP contribution in [0.25, 0.3) is 11.5 Å². The van der Waals surface area contributed by atoms with Crippen LogP contribution in [0.15, 0.2) is 36.5 Å². The van der Waals surface area contributed by atoms with Gasteiger partial charge in [-0.1, -0.05) is 6.07 Å². The summed E-state index contributed by atoms with van der Waals surface area (Å²) in [6.07, 6.45) is -8.37. The minimum absolute atomic E-state index is 0.00862. The van der Waals surface area contributed by atoms with E-state index in [2.05, 4.69) is 35.6 Å². The van der Waals surface area contributed by atoms with Crippen molar-refractivity contribution < 1.29 is 26.3 Å². The van der Waals surface area contributed by atoms with E-state index in [1.807, 2.05) is 0 Å². The molecule has 0 unspecified atom stereocenters. The minimum atomic E-state index is -4.67. The first-order chi connectivity index (χ1) is 14.1. The Labute approximate surface area is 165 Å². The topological polar surface area (TPSA) is 88.5 Å². The number of alkyl halides is 6. The first kappa shape index (κ1) is 21.2. The number of anilines is 3. The molecule has 7 nitrogen and oxygen atoms in total. The number of halogens is 6. The summed E-state index contributed by atoms with van der Waals surface area (Å²) in [5.74, 6) is -0.372. The monoisotopic (exact) mass is 429 g/mol. The van der Waals surface area contributed by atoms with Crippen molar-refractivity contribution in [1.82, 2.24) is 24.9 Å². The molecule has 0 aromatic carbocycles. The molecule has 158 valence electrons. The van der Waals surface area contributed by atoms with Gasteiger partial charge >= 0.3 is 12.4 Å². The number of nitrogens with zero attached hydrogens (tertiary/aromatic N) is 5. The largest absolute Gasteiger partial charge is 0.433 e. The number of hydrogen-bond acceptors (Lipinski definition) is 7. The fraction of sp³-hybridized carbons (Fsp3) is 0.235. The number of aromatic nitrogens is 5. The molecule has 0 aliphatic heterocycles. The van der Waals surface area contributed by atoms with Crippen molar-refractivity contribution in [2.45, 2.75) is 19.3 Å². The van der Waals surface area contributed by atoms with Gasteiger partial charge in [0.1, 0.15) is 17.1 Å². The predicted molar refractivity (Wildman–Crippen MR) is 94.7 cm³/mol. The summed E-state index contributed by atoms with van der Waals surface area (Å²) >= 11 is 0. The molecule has 3 rings (SSSR count). The first-order valence-corrected chi connectivity index (χ1v) is 8.41. The molecule has 2 N–H and O–H groups in total. The van der Waals surface area contributed by atoms with Crippen LogP contribution in [-0.2, 0) is 12.4 Å². The second-order valence-corrected chi connectivity index (χ2v) is 5.79. The number of nitrogens with one attached hydrogen (secondary N) is 2. The van der Waals surface area contributed by atoms with E-state index < -0.39 is 23.7 Å². The SMILES string of the molecule is CCNc1nc(Nc2ccnc(C(F)(F)F)c2)nc(-c2cccc(C(F)(F)F)n2)n1. The van der Waals surface area contributed by atoms with Gasteiger partial charge in [-0.25, -0.2) is 4.98 Å². The van der Waals surface area contributed by atoms with Crippen molar-refractivity contribution in [2.24, 2.45) is 0 Å². The number of pyridine rings is 2. The van der Waals surface area contributed by atoms with Crippen LogP contribution in [0.4, 0.5) is 43.9 Å². The molecule has 3 aromatic heterocycles. The smallest absolute Gasteiger partial charge is 0.354 e. The zero-order valence-corrected chi connectivity index (χ0v) is 15.2. The Balaban J connectivity index is 2.00. The van der Waals surface area contributed by atoms with Crippen LogP contribution < -0.4 is 10.6 Å². The van der Waals surface area contributed by atoms with Crippen molar-refractivity contribution in [3.8, 4) is 11.5 Å². The van der Waals surface area contributed by atoms with Gasteiger partial charge in [0.25, 0.3) is 0 Å². The van der Waals surface area contributed by atoms with Gasteiger partial charge in [-0.3, -0.25) is 4.98 Å². The Morgan fingerprint density at radius 3 is 2.20 bits per heavy atom. The zero-order chi connectivity index (χ0) is 21.9. The van der Waals surface area contributed by atoms with Gasteiger partial charge < -0.3 is 10.6 Å². The van der Waals surface area contributed by atoms with Crippen LogP contribution in [0.2, 0.25) is 0 Å². The van der Waals surface area contributed by atoms with Crippen LogP contribution in [0, 0.1) is 0 Å². The summed E-state index contributed by atoms with van der Waals surface area (Å²) in [5.41, 5.74) is -2.47. The second kappa shape index (κ2) is 8.08. The van der Waals surface area contributed by atoms with E-state index in [1.54, 1.807) is 6.92 Å². The van der Waals surface area contributed by atoms with Gasteiger partial charge in [0, 0.05) is 18.4 Å². The van der Waals surface area contributed by atoms with Gasteiger partial charge in [0.15, 0.2) is 5.82 Å². The molecule has 0 radical (unpaired) electrons. The average Bonchev–Trinajstić information content (AvgIpc) is 2.67. The van der Waals surface area contributed by atoms with Crippen molar-refractivity contribution >= 4 is 17.6 Å². The maximum absolute atomic E-state index is 12.9. The van der Waals surface area contributed by atoms with Crippen LogP contribution in [0.5, 0.6) is 0 Å². The maximum atomic E-state index is 12.9. The lowest BCUT2D eigenvalue weighted by Gasteiger charge is -2.11. The third-order valence-electron chi connectivity index (χ3n) is 3.55. The molecule has 0 saturated heterocycles. The van der Waals surface area contributed by atoms with Crippen LogP contribution in [0.3, 0.4) is 0 Å². The minimum Gasteiger partial charge on any atom is -0.354 e.